The third-order valence-electron chi connectivity index (χ3n) is 3.88. The van der Waals surface area contributed by atoms with Crippen LogP contribution in [0.25, 0.3) is 0 Å². The van der Waals surface area contributed by atoms with Crippen molar-refractivity contribution >= 4 is 11.8 Å². The highest BCUT2D eigenvalue weighted by molar-refractivity contribution is 5.94. The van der Waals surface area contributed by atoms with Gasteiger partial charge in [-0.3, -0.25) is 9.59 Å². The number of halogens is 2. The monoisotopic (exact) mass is 354 g/mol. The summed E-state index contributed by atoms with van der Waals surface area (Å²) in [6, 6.07) is 2.79. The molecule has 1 aliphatic carbocycles. The fraction of sp³-hybridized carbons (Fsp3) is 0.556. The smallest absolute Gasteiger partial charge is 0.254 e. The lowest BCUT2D eigenvalue weighted by molar-refractivity contribution is -0.121. The van der Waals surface area contributed by atoms with Gasteiger partial charge in [0.05, 0.1) is 5.56 Å². The topological polar surface area (TPSA) is 67.4 Å². The average molecular weight is 354 g/mol. The molecule has 0 aliphatic heterocycles. The Balaban J connectivity index is 1.49. The molecule has 0 bridgehead atoms. The molecule has 0 radical (unpaired) electrons. The molecule has 2 rings (SSSR count). The summed E-state index contributed by atoms with van der Waals surface area (Å²) < 4.78 is 31.7. The van der Waals surface area contributed by atoms with Crippen molar-refractivity contribution in [2.24, 2.45) is 5.92 Å². The van der Waals surface area contributed by atoms with Gasteiger partial charge in [0, 0.05) is 38.8 Å². The second-order valence-corrected chi connectivity index (χ2v) is 6.21. The van der Waals surface area contributed by atoms with Gasteiger partial charge in [-0.1, -0.05) is 0 Å². The van der Waals surface area contributed by atoms with Gasteiger partial charge in [0.1, 0.15) is 11.6 Å². The van der Waals surface area contributed by atoms with Gasteiger partial charge in [-0.05, 0) is 43.7 Å². The zero-order valence-electron chi connectivity index (χ0n) is 14.2. The summed E-state index contributed by atoms with van der Waals surface area (Å²) in [4.78, 5) is 23.4. The molecule has 0 saturated heterocycles. The fourth-order valence-electron chi connectivity index (χ4n) is 2.24. The van der Waals surface area contributed by atoms with E-state index >= 15 is 0 Å². The van der Waals surface area contributed by atoms with Gasteiger partial charge >= 0.3 is 0 Å². The molecule has 1 aliphatic rings. The van der Waals surface area contributed by atoms with Crippen LogP contribution < -0.4 is 10.6 Å². The maximum absolute atomic E-state index is 13.4. The summed E-state index contributed by atoms with van der Waals surface area (Å²) >= 11 is 0. The van der Waals surface area contributed by atoms with E-state index in [0.717, 1.165) is 31.1 Å². The number of carbonyl (C=O) groups excluding carboxylic acids is 2. The second-order valence-electron chi connectivity index (χ2n) is 6.21. The predicted molar refractivity (Wildman–Crippen MR) is 89.1 cm³/mol. The first-order valence-electron chi connectivity index (χ1n) is 8.64. The lowest BCUT2D eigenvalue weighted by Crippen LogP contribution is -2.28. The van der Waals surface area contributed by atoms with E-state index in [4.69, 9.17) is 4.74 Å². The van der Waals surface area contributed by atoms with E-state index < -0.39 is 17.5 Å². The van der Waals surface area contributed by atoms with Gasteiger partial charge in [0.15, 0.2) is 0 Å². The zero-order chi connectivity index (χ0) is 18.1. The van der Waals surface area contributed by atoms with Crippen molar-refractivity contribution in [2.45, 2.75) is 32.1 Å². The fourth-order valence-corrected chi connectivity index (χ4v) is 2.24. The largest absolute Gasteiger partial charge is 0.381 e. The molecule has 1 aromatic carbocycles. The van der Waals surface area contributed by atoms with Crippen molar-refractivity contribution in [2.75, 3.05) is 26.3 Å². The first-order chi connectivity index (χ1) is 12.1. The number of amides is 2. The minimum atomic E-state index is -0.904. The van der Waals surface area contributed by atoms with Gasteiger partial charge in [-0.2, -0.15) is 0 Å². The Hall–Kier alpha value is -2.02. The van der Waals surface area contributed by atoms with Crippen LogP contribution in [-0.4, -0.2) is 38.1 Å². The molecule has 0 aromatic heterocycles. The molecule has 1 saturated carbocycles. The summed E-state index contributed by atoms with van der Waals surface area (Å²) in [7, 11) is 0. The van der Waals surface area contributed by atoms with Crippen LogP contribution >= 0.6 is 0 Å². The standard InChI is InChI=1S/C18H24F2N2O3/c19-14-6-7-15(16(20)11-14)18(24)22-8-1-3-17(23)21-9-2-10-25-12-13-4-5-13/h6-7,11,13H,1-5,8-10,12H2,(H,21,23)(H,22,24). The minimum absolute atomic E-state index is 0.0931. The quantitative estimate of drug-likeness (QED) is 0.600. The average Bonchev–Trinajstić information content (AvgIpc) is 3.39. The SMILES string of the molecule is O=C(CCCNC(=O)c1ccc(F)cc1F)NCCCOCC1CC1. The second kappa shape index (κ2) is 10.1. The van der Waals surface area contributed by atoms with Crippen molar-refractivity contribution in [3.63, 3.8) is 0 Å². The van der Waals surface area contributed by atoms with Gasteiger partial charge in [-0.25, -0.2) is 8.78 Å². The molecular weight excluding hydrogens is 330 g/mol. The Bertz CT molecular complexity index is 592. The molecule has 5 nitrogen and oxygen atoms in total. The Labute approximate surface area is 146 Å². The van der Waals surface area contributed by atoms with Gasteiger partial charge < -0.3 is 15.4 Å². The summed E-state index contributed by atoms with van der Waals surface area (Å²) in [5, 5.41) is 5.30. The van der Waals surface area contributed by atoms with Crippen LogP contribution in [0.3, 0.4) is 0 Å². The van der Waals surface area contributed by atoms with Crippen LogP contribution in [0.15, 0.2) is 18.2 Å². The maximum Gasteiger partial charge on any atom is 0.254 e. The molecule has 0 heterocycles. The molecule has 0 spiro atoms. The Morgan fingerprint density at radius 3 is 2.60 bits per heavy atom. The maximum atomic E-state index is 13.4. The van der Waals surface area contributed by atoms with Crippen LogP contribution in [-0.2, 0) is 9.53 Å². The first-order valence-corrected chi connectivity index (χ1v) is 8.64. The van der Waals surface area contributed by atoms with Crippen LogP contribution in [0.5, 0.6) is 0 Å². The van der Waals surface area contributed by atoms with Crippen molar-refractivity contribution < 1.29 is 23.1 Å². The summed E-state index contributed by atoms with van der Waals surface area (Å²) in [6.07, 6.45) is 4.02. The van der Waals surface area contributed by atoms with E-state index in [9.17, 15) is 18.4 Å². The van der Waals surface area contributed by atoms with Crippen LogP contribution in [0.2, 0.25) is 0 Å². The highest BCUT2D eigenvalue weighted by Gasteiger charge is 2.20. The van der Waals surface area contributed by atoms with Crippen LogP contribution in [0, 0.1) is 17.6 Å². The molecular formula is C18H24F2N2O3. The molecule has 1 fully saturated rings. The number of rotatable bonds is 11. The Morgan fingerprint density at radius 1 is 1.12 bits per heavy atom. The van der Waals surface area contributed by atoms with Crippen molar-refractivity contribution in [3.8, 4) is 0 Å². The molecule has 2 amide bonds. The number of nitrogens with one attached hydrogen (secondary N) is 2. The van der Waals surface area contributed by atoms with E-state index in [2.05, 4.69) is 10.6 Å². The normalized spacial score (nSPS) is 13.5. The van der Waals surface area contributed by atoms with Crippen molar-refractivity contribution in [1.29, 1.82) is 0 Å². The molecule has 0 atom stereocenters. The number of carbonyl (C=O) groups is 2. The third kappa shape index (κ3) is 7.60. The molecule has 25 heavy (non-hydrogen) atoms. The van der Waals surface area contributed by atoms with E-state index in [-0.39, 0.29) is 24.4 Å². The number of hydrogen-bond acceptors (Lipinski definition) is 3. The van der Waals surface area contributed by atoms with E-state index in [1.165, 1.54) is 12.8 Å². The Morgan fingerprint density at radius 2 is 1.88 bits per heavy atom. The lowest BCUT2D eigenvalue weighted by atomic mass is 10.2. The van der Waals surface area contributed by atoms with Gasteiger partial charge in [-0.15, -0.1) is 0 Å². The van der Waals surface area contributed by atoms with E-state index in [1.807, 2.05) is 0 Å². The minimum Gasteiger partial charge on any atom is -0.381 e. The summed E-state index contributed by atoms with van der Waals surface area (Å²) in [5.74, 6) is -1.61. The molecule has 138 valence electrons. The number of hydrogen-bond donors (Lipinski definition) is 2. The highest BCUT2D eigenvalue weighted by atomic mass is 19.1. The van der Waals surface area contributed by atoms with Gasteiger partial charge in [0.25, 0.3) is 5.91 Å². The predicted octanol–water partition coefficient (Wildman–Crippen LogP) is 2.41. The number of ether oxygens (including phenoxy) is 1. The summed E-state index contributed by atoms with van der Waals surface area (Å²) in [6.45, 7) is 2.28. The van der Waals surface area contributed by atoms with Gasteiger partial charge in [0.2, 0.25) is 5.91 Å². The lowest BCUT2D eigenvalue weighted by Gasteiger charge is -2.07. The third-order valence-corrected chi connectivity index (χ3v) is 3.88. The molecule has 0 unspecified atom stereocenters. The van der Waals surface area contributed by atoms with E-state index in [0.29, 0.717) is 25.6 Å². The van der Waals surface area contributed by atoms with E-state index in [1.54, 1.807) is 0 Å². The molecule has 7 heteroatoms. The number of benzene rings is 1. The van der Waals surface area contributed by atoms with Crippen LogP contribution in [0.4, 0.5) is 8.78 Å². The van der Waals surface area contributed by atoms with Crippen molar-refractivity contribution in [3.05, 3.63) is 35.4 Å². The first kappa shape index (κ1) is 19.3. The zero-order valence-corrected chi connectivity index (χ0v) is 14.2. The molecule has 1 aromatic rings. The highest BCUT2D eigenvalue weighted by Crippen LogP contribution is 2.28. The van der Waals surface area contributed by atoms with Crippen LogP contribution in [0.1, 0.15) is 42.5 Å². The van der Waals surface area contributed by atoms with Crippen molar-refractivity contribution in [1.82, 2.24) is 10.6 Å². The summed E-state index contributed by atoms with van der Waals surface area (Å²) in [5.41, 5.74) is -0.211. The Kier molecular flexibility index (Phi) is 7.78. The molecule has 2 N–H and O–H groups in total.